The fourth-order valence-electron chi connectivity index (χ4n) is 1.45. The molecule has 0 spiro atoms. The molecule has 74 valence electrons. The molecule has 0 aliphatic carbocycles. The van der Waals surface area contributed by atoms with E-state index in [0.29, 0.717) is 11.4 Å². The zero-order valence-electron chi connectivity index (χ0n) is 8.11. The minimum atomic E-state index is -0.516. The van der Waals surface area contributed by atoms with E-state index in [1.54, 1.807) is 36.1 Å². The SMILES string of the molecule is Cn1ccnc1-c1cccc(F)c1C#N. The number of imidazole rings is 1. The fourth-order valence-corrected chi connectivity index (χ4v) is 1.45. The van der Waals surface area contributed by atoms with Gasteiger partial charge < -0.3 is 4.57 Å². The highest BCUT2D eigenvalue weighted by atomic mass is 19.1. The van der Waals surface area contributed by atoms with Gasteiger partial charge in [-0.1, -0.05) is 6.07 Å². The summed E-state index contributed by atoms with van der Waals surface area (Å²) in [5.74, 6) is 0.0732. The second kappa shape index (κ2) is 3.54. The second-order valence-electron chi connectivity index (χ2n) is 3.14. The molecular weight excluding hydrogens is 193 g/mol. The van der Waals surface area contributed by atoms with Gasteiger partial charge in [-0.05, 0) is 12.1 Å². The minimum Gasteiger partial charge on any atom is -0.334 e. The smallest absolute Gasteiger partial charge is 0.141 e. The third kappa shape index (κ3) is 1.48. The Labute approximate surface area is 86.4 Å². The number of aryl methyl sites for hydroxylation is 1. The normalized spacial score (nSPS) is 9.93. The number of hydrogen-bond donors (Lipinski definition) is 0. The van der Waals surface area contributed by atoms with Crippen LogP contribution in [0.15, 0.2) is 30.6 Å². The van der Waals surface area contributed by atoms with Crippen LogP contribution < -0.4 is 0 Å². The lowest BCUT2D eigenvalue weighted by Gasteiger charge is -2.04. The second-order valence-corrected chi connectivity index (χ2v) is 3.14. The van der Waals surface area contributed by atoms with Crippen molar-refractivity contribution in [3.05, 3.63) is 42.0 Å². The number of rotatable bonds is 1. The van der Waals surface area contributed by atoms with Crippen LogP contribution in [0.4, 0.5) is 4.39 Å². The highest BCUT2D eigenvalue weighted by Crippen LogP contribution is 2.22. The molecule has 1 aromatic carbocycles. The van der Waals surface area contributed by atoms with Gasteiger partial charge in [-0.15, -0.1) is 0 Å². The van der Waals surface area contributed by atoms with Crippen molar-refractivity contribution >= 4 is 0 Å². The molecule has 0 unspecified atom stereocenters. The number of hydrogen-bond acceptors (Lipinski definition) is 2. The topological polar surface area (TPSA) is 41.6 Å². The van der Waals surface area contributed by atoms with E-state index < -0.39 is 5.82 Å². The summed E-state index contributed by atoms with van der Waals surface area (Å²) in [6.45, 7) is 0. The molecule has 1 aromatic heterocycles. The van der Waals surface area contributed by atoms with Crippen molar-refractivity contribution in [3.63, 3.8) is 0 Å². The van der Waals surface area contributed by atoms with Crippen LogP contribution in [0, 0.1) is 17.1 Å². The third-order valence-electron chi connectivity index (χ3n) is 2.19. The zero-order valence-corrected chi connectivity index (χ0v) is 8.11. The zero-order chi connectivity index (χ0) is 10.8. The molecule has 0 saturated heterocycles. The van der Waals surface area contributed by atoms with Crippen LogP contribution in [0.5, 0.6) is 0 Å². The van der Waals surface area contributed by atoms with E-state index in [0.717, 1.165) is 0 Å². The lowest BCUT2D eigenvalue weighted by Crippen LogP contribution is -1.95. The summed E-state index contributed by atoms with van der Waals surface area (Å²) in [7, 11) is 1.80. The van der Waals surface area contributed by atoms with Crippen molar-refractivity contribution in [1.82, 2.24) is 9.55 Å². The molecule has 4 heteroatoms. The number of aromatic nitrogens is 2. The first-order valence-corrected chi connectivity index (χ1v) is 4.40. The maximum atomic E-state index is 13.3. The van der Waals surface area contributed by atoms with Crippen molar-refractivity contribution in [2.45, 2.75) is 0 Å². The van der Waals surface area contributed by atoms with Gasteiger partial charge in [0.05, 0.1) is 5.56 Å². The van der Waals surface area contributed by atoms with Crippen LogP contribution in [0.2, 0.25) is 0 Å². The number of benzene rings is 1. The van der Waals surface area contributed by atoms with Gasteiger partial charge in [-0.3, -0.25) is 0 Å². The Balaban J connectivity index is 2.70. The van der Waals surface area contributed by atoms with Gasteiger partial charge in [0.2, 0.25) is 0 Å². The van der Waals surface area contributed by atoms with Crippen molar-refractivity contribution in [3.8, 4) is 17.5 Å². The average Bonchev–Trinajstić information content (AvgIpc) is 2.64. The van der Waals surface area contributed by atoms with E-state index in [4.69, 9.17) is 5.26 Å². The maximum absolute atomic E-state index is 13.3. The Bertz CT molecular complexity index is 537. The molecule has 3 nitrogen and oxygen atoms in total. The van der Waals surface area contributed by atoms with Crippen molar-refractivity contribution in [2.75, 3.05) is 0 Å². The number of halogens is 1. The van der Waals surface area contributed by atoms with Gasteiger partial charge >= 0.3 is 0 Å². The molecule has 2 aromatic rings. The Hall–Kier alpha value is -2.15. The van der Waals surface area contributed by atoms with Gasteiger partial charge in [-0.2, -0.15) is 5.26 Å². The molecule has 0 saturated carbocycles. The summed E-state index contributed by atoms with van der Waals surface area (Å²) in [6, 6.07) is 6.37. The Morgan fingerprint density at radius 2 is 2.27 bits per heavy atom. The van der Waals surface area contributed by atoms with E-state index in [9.17, 15) is 4.39 Å². The van der Waals surface area contributed by atoms with Crippen LogP contribution in [0.1, 0.15) is 5.56 Å². The molecule has 0 bridgehead atoms. The molecular formula is C11H8FN3. The lowest BCUT2D eigenvalue weighted by atomic mass is 10.1. The molecule has 0 atom stereocenters. The Kier molecular flexibility index (Phi) is 2.22. The largest absolute Gasteiger partial charge is 0.334 e. The Morgan fingerprint density at radius 3 is 2.87 bits per heavy atom. The van der Waals surface area contributed by atoms with Crippen molar-refractivity contribution in [1.29, 1.82) is 5.26 Å². The maximum Gasteiger partial charge on any atom is 0.141 e. The van der Waals surface area contributed by atoms with Crippen LogP contribution in [0.3, 0.4) is 0 Å². The van der Waals surface area contributed by atoms with Crippen LogP contribution in [-0.2, 0) is 7.05 Å². The predicted molar refractivity (Wildman–Crippen MR) is 53.3 cm³/mol. The van der Waals surface area contributed by atoms with Gasteiger partial charge in [0, 0.05) is 25.0 Å². The predicted octanol–water partition coefficient (Wildman–Crippen LogP) is 2.10. The molecule has 0 fully saturated rings. The monoisotopic (exact) mass is 201 g/mol. The van der Waals surface area contributed by atoms with Gasteiger partial charge in [0.25, 0.3) is 0 Å². The first kappa shape index (κ1) is 9.41. The van der Waals surface area contributed by atoms with E-state index >= 15 is 0 Å². The summed E-state index contributed by atoms with van der Waals surface area (Å²) < 4.78 is 15.1. The number of nitriles is 1. The van der Waals surface area contributed by atoms with Crippen LogP contribution in [-0.4, -0.2) is 9.55 Å². The van der Waals surface area contributed by atoms with Gasteiger partial charge in [0.15, 0.2) is 0 Å². The van der Waals surface area contributed by atoms with E-state index in [1.165, 1.54) is 6.07 Å². The summed E-state index contributed by atoms with van der Waals surface area (Å²) in [6.07, 6.45) is 3.36. The molecule has 0 amide bonds. The summed E-state index contributed by atoms with van der Waals surface area (Å²) in [5.41, 5.74) is 0.553. The number of nitrogens with zero attached hydrogens (tertiary/aromatic N) is 3. The summed E-state index contributed by atoms with van der Waals surface area (Å²) in [5, 5.41) is 8.86. The Morgan fingerprint density at radius 1 is 1.47 bits per heavy atom. The molecule has 0 aliphatic heterocycles. The van der Waals surface area contributed by atoms with Gasteiger partial charge in [-0.25, -0.2) is 9.37 Å². The average molecular weight is 201 g/mol. The van der Waals surface area contributed by atoms with Crippen LogP contribution >= 0.6 is 0 Å². The molecule has 0 aliphatic rings. The fraction of sp³-hybridized carbons (Fsp3) is 0.0909. The van der Waals surface area contributed by atoms with E-state index in [1.807, 2.05) is 6.07 Å². The third-order valence-corrected chi connectivity index (χ3v) is 2.19. The molecule has 0 N–H and O–H groups in total. The minimum absolute atomic E-state index is 0.0341. The first-order chi connectivity index (χ1) is 7.24. The summed E-state index contributed by atoms with van der Waals surface area (Å²) >= 11 is 0. The van der Waals surface area contributed by atoms with Gasteiger partial charge in [0.1, 0.15) is 17.7 Å². The quantitative estimate of drug-likeness (QED) is 0.709. The summed E-state index contributed by atoms with van der Waals surface area (Å²) in [4.78, 5) is 4.08. The standard InChI is InChI=1S/C11H8FN3/c1-15-6-5-14-11(15)8-3-2-4-10(12)9(8)7-13/h2-6H,1H3. The highest BCUT2D eigenvalue weighted by molar-refractivity contribution is 5.65. The van der Waals surface area contributed by atoms with Crippen molar-refractivity contribution < 1.29 is 4.39 Å². The highest BCUT2D eigenvalue weighted by Gasteiger charge is 2.12. The molecule has 0 radical (unpaired) electrons. The molecule has 1 heterocycles. The van der Waals surface area contributed by atoms with Crippen molar-refractivity contribution in [2.24, 2.45) is 7.05 Å². The molecule has 2 rings (SSSR count). The molecule has 15 heavy (non-hydrogen) atoms. The van der Waals surface area contributed by atoms with Crippen LogP contribution in [0.25, 0.3) is 11.4 Å². The first-order valence-electron chi connectivity index (χ1n) is 4.40. The van der Waals surface area contributed by atoms with E-state index in [-0.39, 0.29) is 5.56 Å². The van der Waals surface area contributed by atoms with E-state index in [2.05, 4.69) is 4.98 Å². The lowest BCUT2D eigenvalue weighted by molar-refractivity contribution is 0.624.